The first-order chi connectivity index (χ1) is 3.89. The second-order valence-electron chi connectivity index (χ2n) is 1.22. The highest BCUT2D eigenvalue weighted by molar-refractivity contribution is 4.93. The average Bonchev–Trinajstić information content (AvgIpc) is 2.24. The third kappa shape index (κ3) is 2.42. The summed E-state index contributed by atoms with van der Waals surface area (Å²) in [5.74, 6) is 0.968. The van der Waals surface area contributed by atoms with Gasteiger partial charge in [0.1, 0.15) is 5.76 Å². The molecule has 0 unspecified atom stereocenters. The second-order valence-corrected chi connectivity index (χ2v) is 1.22. The highest BCUT2D eigenvalue weighted by atomic mass is 16.3. The van der Waals surface area contributed by atoms with Crippen LogP contribution in [0.25, 0.3) is 0 Å². The molecule has 2 heteroatoms. The SMILES string of the molecule is CN.Cc1ccco1. The van der Waals surface area contributed by atoms with E-state index in [9.17, 15) is 0 Å². The molecule has 1 aromatic heterocycles. The molecule has 0 aliphatic carbocycles. The van der Waals surface area contributed by atoms with E-state index in [1.54, 1.807) is 6.26 Å². The largest absolute Gasteiger partial charge is 0.470 e. The Morgan fingerprint density at radius 2 is 2.12 bits per heavy atom. The first-order valence-corrected chi connectivity index (χ1v) is 2.47. The summed E-state index contributed by atoms with van der Waals surface area (Å²) in [5.41, 5.74) is 4.50. The van der Waals surface area contributed by atoms with E-state index >= 15 is 0 Å². The van der Waals surface area contributed by atoms with Gasteiger partial charge in [-0.1, -0.05) is 0 Å². The van der Waals surface area contributed by atoms with Gasteiger partial charge in [0.2, 0.25) is 0 Å². The Kier molecular flexibility index (Phi) is 3.98. The fourth-order valence-corrected chi connectivity index (χ4v) is 0.361. The third-order valence-electron chi connectivity index (χ3n) is 0.663. The van der Waals surface area contributed by atoms with Crippen LogP contribution in [0.2, 0.25) is 0 Å². The molecule has 0 saturated carbocycles. The first kappa shape index (κ1) is 7.24. The fourth-order valence-electron chi connectivity index (χ4n) is 0.361. The lowest BCUT2D eigenvalue weighted by Gasteiger charge is -1.69. The van der Waals surface area contributed by atoms with Gasteiger partial charge in [0, 0.05) is 0 Å². The summed E-state index contributed by atoms with van der Waals surface area (Å²) < 4.78 is 4.83. The summed E-state index contributed by atoms with van der Waals surface area (Å²) >= 11 is 0. The summed E-state index contributed by atoms with van der Waals surface area (Å²) in [6, 6.07) is 3.79. The molecule has 0 amide bonds. The molecule has 8 heavy (non-hydrogen) atoms. The van der Waals surface area contributed by atoms with Crippen molar-refractivity contribution in [3.63, 3.8) is 0 Å². The van der Waals surface area contributed by atoms with Gasteiger partial charge in [0.15, 0.2) is 0 Å². The molecule has 0 aliphatic rings. The van der Waals surface area contributed by atoms with Crippen LogP contribution >= 0.6 is 0 Å². The zero-order valence-corrected chi connectivity index (χ0v) is 5.22. The zero-order chi connectivity index (χ0) is 6.41. The number of hydrogen-bond acceptors (Lipinski definition) is 2. The van der Waals surface area contributed by atoms with E-state index in [0.717, 1.165) is 5.76 Å². The van der Waals surface area contributed by atoms with Crippen LogP contribution in [0, 0.1) is 6.92 Å². The van der Waals surface area contributed by atoms with Crippen LogP contribution in [0.15, 0.2) is 22.8 Å². The monoisotopic (exact) mass is 113 g/mol. The van der Waals surface area contributed by atoms with Crippen molar-refractivity contribution < 1.29 is 4.42 Å². The van der Waals surface area contributed by atoms with Crippen molar-refractivity contribution in [3.05, 3.63) is 24.2 Å². The van der Waals surface area contributed by atoms with E-state index < -0.39 is 0 Å². The molecule has 0 saturated heterocycles. The molecule has 1 rings (SSSR count). The van der Waals surface area contributed by atoms with E-state index in [1.807, 2.05) is 19.1 Å². The van der Waals surface area contributed by atoms with Gasteiger partial charge in [-0.2, -0.15) is 0 Å². The van der Waals surface area contributed by atoms with E-state index in [4.69, 9.17) is 4.42 Å². The minimum atomic E-state index is 0.968. The number of nitrogens with two attached hydrogens (primary N) is 1. The molecule has 0 bridgehead atoms. The van der Waals surface area contributed by atoms with Crippen LogP contribution in [0.1, 0.15) is 5.76 Å². The normalized spacial score (nSPS) is 7.38. The molecular formula is C6H11NO. The lowest BCUT2D eigenvalue weighted by molar-refractivity contribution is 0.534. The van der Waals surface area contributed by atoms with Gasteiger partial charge in [0.25, 0.3) is 0 Å². The summed E-state index contributed by atoms with van der Waals surface area (Å²) in [7, 11) is 1.50. The van der Waals surface area contributed by atoms with Gasteiger partial charge >= 0.3 is 0 Å². The van der Waals surface area contributed by atoms with Crippen LogP contribution in [-0.2, 0) is 0 Å². The Morgan fingerprint density at radius 1 is 1.50 bits per heavy atom. The van der Waals surface area contributed by atoms with Gasteiger partial charge in [0.05, 0.1) is 6.26 Å². The highest BCUT2D eigenvalue weighted by Gasteiger charge is 1.75. The number of hydrogen-bond donors (Lipinski definition) is 1. The highest BCUT2D eigenvalue weighted by Crippen LogP contribution is 1.93. The van der Waals surface area contributed by atoms with Crippen LogP contribution < -0.4 is 5.73 Å². The lowest BCUT2D eigenvalue weighted by atomic mass is 10.5. The van der Waals surface area contributed by atoms with E-state index in [-0.39, 0.29) is 0 Å². The number of rotatable bonds is 0. The van der Waals surface area contributed by atoms with Crippen LogP contribution in [0.5, 0.6) is 0 Å². The molecule has 2 nitrogen and oxygen atoms in total. The predicted octanol–water partition coefficient (Wildman–Crippen LogP) is 1.16. The molecule has 1 heterocycles. The van der Waals surface area contributed by atoms with Crippen molar-refractivity contribution in [2.24, 2.45) is 5.73 Å². The second kappa shape index (κ2) is 4.40. The minimum absolute atomic E-state index is 0.968. The maximum atomic E-state index is 4.83. The van der Waals surface area contributed by atoms with E-state index in [1.165, 1.54) is 7.05 Å². The molecule has 46 valence electrons. The van der Waals surface area contributed by atoms with Crippen molar-refractivity contribution in [1.29, 1.82) is 0 Å². The Morgan fingerprint density at radius 3 is 2.25 bits per heavy atom. The van der Waals surface area contributed by atoms with Crippen LogP contribution in [0.4, 0.5) is 0 Å². The van der Waals surface area contributed by atoms with Gasteiger partial charge in [-0.3, -0.25) is 0 Å². The Hall–Kier alpha value is -0.760. The summed E-state index contributed by atoms with van der Waals surface area (Å²) in [6.07, 6.45) is 1.66. The van der Waals surface area contributed by atoms with Gasteiger partial charge in [-0.15, -0.1) is 0 Å². The topological polar surface area (TPSA) is 39.2 Å². The molecule has 2 N–H and O–H groups in total. The zero-order valence-electron chi connectivity index (χ0n) is 5.22. The molecule has 0 fully saturated rings. The van der Waals surface area contributed by atoms with E-state index in [0.29, 0.717) is 0 Å². The summed E-state index contributed by atoms with van der Waals surface area (Å²) in [6.45, 7) is 1.92. The molecule has 0 aliphatic heterocycles. The number of aryl methyl sites for hydroxylation is 1. The van der Waals surface area contributed by atoms with E-state index in [2.05, 4.69) is 5.73 Å². The standard InChI is InChI=1S/C5H6O.CH5N/c1-5-3-2-4-6-5;1-2/h2-4H,1H3;2H2,1H3. The lowest BCUT2D eigenvalue weighted by Crippen LogP contribution is -1.69. The Labute approximate surface area is 49.3 Å². The van der Waals surface area contributed by atoms with Crippen molar-refractivity contribution in [1.82, 2.24) is 0 Å². The summed E-state index contributed by atoms with van der Waals surface area (Å²) in [5, 5.41) is 0. The predicted molar refractivity (Wildman–Crippen MR) is 33.6 cm³/mol. The van der Waals surface area contributed by atoms with Gasteiger partial charge in [-0.25, -0.2) is 0 Å². The quantitative estimate of drug-likeness (QED) is 0.548. The molecule has 1 aromatic rings. The average molecular weight is 113 g/mol. The van der Waals surface area contributed by atoms with Gasteiger partial charge < -0.3 is 10.2 Å². The van der Waals surface area contributed by atoms with Gasteiger partial charge in [-0.05, 0) is 26.1 Å². The maximum Gasteiger partial charge on any atom is 0.100 e. The Bertz CT molecular complexity index is 112. The molecule has 0 aromatic carbocycles. The Balaban J connectivity index is 0.000000222. The molecule has 0 radical (unpaired) electrons. The summed E-state index contributed by atoms with van der Waals surface area (Å²) in [4.78, 5) is 0. The molecular weight excluding hydrogens is 102 g/mol. The smallest absolute Gasteiger partial charge is 0.100 e. The molecule has 0 atom stereocenters. The van der Waals surface area contributed by atoms with Crippen molar-refractivity contribution in [2.75, 3.05) is 7.05 Å². The maximum absolute atomic E-state index is 4.83. The van der Waals surface area contributed by atoms with Crippen molar-refractivity contribution in [3.8, 4) is 0 Å². The van der Waals surface area contributed by atoms with Crippen LogP contribution in [0.3, 0.4) is 0 Å². The number of furan rings is 1. The minimum Gasteiger partial charge on any atom is -0.470 e. The fraction of sp³-hybridized carbons (Fsp3) is 0.333. The van der Waals surface area contributed by atoms with Crippen molar-refractivity contribution in [2.45, 2.75) is 6.92 Å². The van der Waals surface area contributed by atoms with Crippen LogP contribution in [-0.4, -0.2) is 7.05 Å². The first-order valence-electron chi connectivity index (χ1n) is 2.47. The molecule has 0 spiro atoms. The van der Waals surface area contributed by atoms with Crippen molar-refractivity contribution >= 4 is 0 Å². The third-order valence-corrected chi connectivity index (χ3v) is 0.663.